The third kappa shape index (κ3) is 2.15. The Morgan fingerprint density at radius 2 is 2.06 bits per heavy atom. The van der Waals surface area contributed by atoms with Gasteiger partial charge in [-0.3, -0.25) is 0 Å². The van der Waals surface area contributed by atoms with E-state index in [1.54, 1.807) is 7.11 Å². The van der Waals surface area contributed by atoms with Crippen LogP contribution in [0.15, 0.2) is 0 Å². The molecule has 0 aromatic carbocycles. The first-order valence-corrected chi connectivity index (χ1v) is 5.56. The summed E-state index contributed by atoms with van der Waals surface area (Å²) < 4.78 is 5.32. The van der Waals surface area contributed by atoms with E-state index in [4.69, 9.17) is 10.5 Å². The Kier molecular flexibility index (Phi) is 3.36. The van der Waals surface area contributed by atoms with Crippen molar-refractivity contribution in [3.63, 3.8) is 0 Å². The highest BCUT2D eigenvalue weighted by Gasteiger charge is 2.18. The van der Waals surface area contributed by atoms with Crippen LogP contribution in [0.3, 0.4) is 0 Å². The topological polar surface area (TPSA) is 64.3 Å². The average Bonchev–Trinajstić information content (AvgIpc) is 2.50. The van der Waals surface area contributed by atoms with Gasteiger partial charge in [0, 0.05) is 25.1 Å². The molecule has 0 saturated heterocycles. The predicted molar refractivity (Wildman–Crippen MR) is 61.4 cm³/mol. The minimum absolute atomic E-state index is 0.361. The molecule has 0 bridgehead atoms. The van der Waals surface area contributed by atoms with Gasteiger partial charge in [-0.2, -0.15) is 4.98 Å². The molecule has 2 N–H and O–H groups in total. The molecule has 0 radical (unpaired) electrons. The van der Waals surface area contributed by atoms with E-state index in [2.05, 4.69) is 21.9 Å². The summed E-state index contributed by atoms with van der Waals surface area (Å²) in [7, 11) is 3.77. The molecule has 16 heavy (non-hydrogen) atoms. The monoisotopic (exact) mass is 222 g/mol. The van der Waals surface area contributed by atoms with Crippen LogP contribution in [0, 0.1) is 0 Å². The highest BCUT2D eigenvalue weighted by atomic mass is 16.5. The highest BCUT2D eigenvalue weighted by molar-refractivity contribution is 5.32. The number of ether oxygens (including phenoxy) is 1. The Morgan fingerprint density at radius 3 is 2.75 bits per heavy atom. The van der Waals surface area contributed by atoms with Gasteiger partial charge in [-0.05, 0) is 13.5 Å². The Bertz CT molecular complexity index is 380. The lowest BCUT2D eigenvalue weighted by Crippen LogP contribution is -2.20. The number of hydrogen-bond acceptors (Lipinski definition) is 5. The molecule has 1 aromatic rings. The van der Waals surface area contributed by atoms with E-state index < -0.39 is 0 Å². The first kappa shape index (κ1) is 11.3. The molecule has 5 heteroatoms. The first-order valence-electron chi connectivity index (χ1n) is 5.56. The van der Waals surface area contributed by atoms with Crippen LogP contribution in [0.4, 0.5) is 0 Å². The van der Waals surface area contributed by atoms with Crippen LogP contribution in [-0.2, 0) is 19.4 Å². The average molecular weight is 222 g/mol. The van der Waals surface area contributed by atoms with Crippen LogP contribution >= 0.6 is 0 Å². The zero-order valence-electron chi connectivity index (χ0n) is 9.86. The van der Waals surface area contributed by atoms with Crippen molar-refractivity contribution in [3.05, 3.63) is 17.1 Å². The summed E-state index contributed by atoms with van der Waals surface area (Å²) in [6, 6.07) is 0. The zero-order valence-corrected chi connectivity index (χ0v) is 9.86. The van der Waals surface area contributed by atoms with Gasteiger partial charge >= 0.3 is 0 Å². The zero-order chi connectivity index (χ0) is 11.5. The second-order valence-corrected chi connectivity index (χ2v) is 4.08. The van der Waals surface area contributed by atoms with Crippen LogP contribution in [0.2, 0.25) is 0 Å². The highest BCUT2D eigenvalue weighted by Crippen LogP contribution is 2.22. The maximum atomic E-state index is 5.58. The van der Waals surface area contributed by atoms with E-state index in [9.17, 15) is 0 Å². The summed E-state index contributed by atoms with van der Waals surface area (Å²) in [5.41, 5.74) is 7.82. The molecule has 1 aliphatic heterocycles. The standard InChI is InChI=1S/C11H18N4O/c1-15-5-3-8-9(4-6-15)13-10(7-12)14-11(8)16-2/h3-7,12H2,1-2H3. The lowest BCUT2D eigenvalue weighted by molar-refractivity contribution is 0.349. The van der Waals surface area contributed by atoms with Crippen LogP contribution in [0.1, 0.15) is 17.1 Å². The Hall–Kier alpha value is -1.20. The van der Waals surface area contributed by atoms with E-state index in [0.29, 0.717) is 18.2 Å². The molecular weight excluding hydrogens is 204 g/mol. The third-order valence-corrected chi connectivity index (χ3v) is 2.95. The van der Waals surface area contributed by atoms with E-state index in [1.165, 1.54) is 0 Å². The van der Waals surface area contributed by atoms with Crippen molar-refractivity contribution in [2.75, 3.05) is 27.2 Å². The van der Waals surface area contributed by atoms with E-state index in [1.807, 2.05) is 0 Å². The summed E-state index contributed by atoms with van der Waals surface area (Å²) in [6.45, 7) is 2.41. The number of nitrogens with two attached hydrogens (primary N) is 1. The van der Waals surface area contributed by atoms with Gasteiger partial charge in [-0.1, -0.05) is 0 Å². The smallest absolute Gasteiger partial charge is 0.219 e. The fraction of sp³-hybridized carbons (Fsp3) is 0.636. The number of methoxy groups -OCH3 is 1. The molecule has 1 aromatic heterocycles. The molecule has 0 spiro atoms. The lowest BCUT2D eigenvalue weighted by atomic mass is 10.1. The summed E-state index contributed by atoms with van der Waals surface area (Å²) in [5, 5.41) is 0. The first-order chi connectivity index (χ1) is 7.74. The molecule has 0 aliphatic carbocycles. The van der Waals surface area contributed by atoms with Crippen molar-refractivity contribution in [2.45, 2.75) is 19.4 Å². The Morgan fingerprint density at radius 1 is 1.31 bits per heavy atom. The molecule has 2 heterocycles. The van der Waals surface area contributed by atoms with Gasteiger partial charge in [-0.15, -0.1) is 0 Å². The van der Waals surface area contributed by atoms with Gasteiger partial charge in [0.2, 0.25) is 5.88 Å². The number of fused-ring (bicyclic) bond motifs is 1. The fourth-order valence-corrected chi connectivity index (χ4v) is 1.99. The fourth-order valence-electron chi connectivity index (χ4n) is 1.99. The van der Waals surface area contributed by atoms with Crippen LogP contribution in [0.5, 0.6) is 5.88 Å². The molecule has 0 amide bonds. The van der Waals surface area contributed by atoms with Crippen molar-refractivity contribution >= 4 is 0 Å². The van der Waals surface area contributed by atoms with Crippen LogP contribution < -0.4 is 10.5 Å². The van der Waals surface area contributed by atoms with Crippen molar-refractivity contribution in [3.8, 4) is 5.88 Å². The Labute approximate surface area is 95.6 Å². The number of hydrogen-bond donors (Lipinski definition) is 1. The number of rotatable bonds is 2. The number of nitrogens with zero attached hydrogens (tertiary/aromatic N) is 3. The van der Waals surface area contributed by atoms with Crippen LogP contribution in [0.25, 0.3) is 0 Å². The molecule has 1 aliphatic rings. The van der Waals surface area contributed by atoms with Crippen molar-refractivity contribution in [2.24, 2.45) is 5.73 Å². The van der Waals surface area contributed by atoms with Crippen molar-refractivity contribution < 1.29 is 4.74 Å². The number of aromatic nitrogens is 2. The molecule has 5 nitrogen and oxygen atoms in total. The second kappa shape index (κ2) is 4.76. The van der Waals surface area contributed by atoms with Gasteiger partial charge in [0.05, 0.1) is 19.3 Å². The third-order valence-electron chi connectivity index (χ3n) is 2.95. The van der Waals surface area contributed by atoms with Crippen molar-refractivity contribution in [1.29, 1.82) is 0 Å². The quantitative estimate of drug-likeness (QED) is 0.761. The summed E-state index contributed by atoms with van der Waals surface area (Å²) in [6.07, 6.45) is 1.89. The second-order valence-electron chi connectivity index (χ2n) is 4.08. The van der Waals surface area contributed by atoms with E-state index in [-0.39, 0.29) is 0 Å². The SMILES string of the molecule is COc1nc(CN)nc2c1CCN(C)CC2. The lowest BCUT2D eigenvalue weighted by Gasteiger charge is -2.11. The van der Waals surface area contributed by atoms with Gasteiger partial charge in [0.1, 0.15) is 5.82 Å². The summed E-state index contributed by atoms with van der Waals surface area (Å²) >= 11 is 0. The predicted octanol–water partition coefficient (Wildman–Crippen LogP) is -0.0257. The van der Waals surface area contributed by atoms with Gasteiger partial charge in [0.25, 0.3) is 0 Å². The minimum atomic E-state index is 0.361. The molecule has 2 rings (SSSR count). The minimum Gasteiger partial charge on any atom is -0.481 e. The van der Waals surface area contributed by atoms with Gasteiger partial charge in [-0.25, -0.2) is 4.98 Å². The molecule has 0 unspecified atom stereocenters. The molecule has 0 fully saturated rings. The van der Waals surface area contributed by atoms with Crippen LogP contribution in [-0.4, -0.2) is 42.1 Å². The number of likely N-dealkylation sites (N-methyl/N-ethyl adjacent to an activating group) is 1. The Balaban J connectivity index is 2.41. The molecule has 0 saturated carbocycles. The normalized spacial score (nSPS) is 16.7. The maximum Gasteiger partial charge on any atom is 0.219 e. The largest absolute Gasteiger partial charge is 0.481 e. The van der Waals surface area contributed by atoms with Gasteiger partial charge in [0.15, 0.2) is 0 Å². The summed E-state index contributed by atoms with van der Waals surface area (Å²) in [5.74, 6) is 1.36. The van der Waals surface area contributed by atoms with Crippen molar-refractivity contribution in [1.82, 2.24) is 14.9 Å². The molecule has 88 valence electrons. The van der Waals surface area contributed by atoms with Gasteiger partial charge < -0.3 is 15.4 Å². The molecular formula is C11H18N4O. The summed E-state index contributed by atoms with van der Waals surface area (Å²) in [4.78, 5) is 11.1. The maximum absolute atomic E-state index is 5.58. The van der Waals surface area contributed by atoms with E-state index >= 15 is 0 Å². The van der Waals surface area contributed by atoms with E-state index in [0.717, 1.165) is 37.2 Å². The molecule has 0 atom stereocenters.